The molecule has 5 heteroatoms. The average molecular weight is 375 g/mol. The van der Waals surface area contributed by atoms with Crippen LogP contribution >= 0.6 is 23.9 Å². The molecule has 0 bridgehead atoms. The molecular formula is C20H26N2OS2. The first-order valence-corrected chi connectivity index (χ1v) is 10.8. The van der Waals surface area contributed by atoms with E-state index in [2.05, 4.69) is 53.6 Å². The normalized spacial score (nSPS) is 16.2. The number of fused-ring (bicyclic) bond motifs is 1. The summed E-state index contributed by atoms with van der Waals surface area (Å²) in [5, 5.41) is 0.597. The number of aryl methyl sites for hydroxylation is 1. The van der Waals surface area contributed by atoms with Gasteiger partial charge in [0.1, 0.15) is 11.5 Å². The van der Waals surface area contributed by atoms with Gasteiger partial charge in [0.2, 0.25) is 0 Å². The van der Waals surface area contributed by atoms with Crippen molar-refractivity contribution >= 4 is 23.9 Å². The van der Waals surface area contributed by atoms with Crippen molar-refractivity contribution < 1.29 is 4.74 Å². The van der Waals surface area contributed by atoms with Crippen LogP contribution in [0.4, 0.5) is 0 Å². The van der Waals surface area contributed by atoms with Crippen molar-refractivity contribution in [1.82, 2.24) is 9.44 Å². The van der Waals surface area contributed by atoms with Gasteiger partial charge >= 0.3 is 0 Å². The van der Waals surface area contributed by atoms with Crippen LogP contribution < -0.4 is 14.2 Å². The predicted molar refractivity (Wildman–Crippen MR) is 110 cm³/mol. The molecule has 25 heavy (non-hydrogen) atoms. The van der Waals surface area contributed by atoms with Crippen LogP contribution in [-0.2, 0) is 13.0 Å². The fourth-order valence-corrected chi connectivity index (χ4v) is 4.00. The summed E-state index contributed by atoms with van der Waals surface area (Å²) in [6, 6.07) is 15.2. The lowest BCUT2D eigenvalue weighted by atomic mass is 10.1. The molecule has 0 aromatic heterocycles. The molecule has 0 fully saturated rings. The van der Waals surface area contributed by atoms with E-state index in [1.165, 1.54) is 16.7 Å². The van der Waals surface area contributed by atoms with E-state index in [1.807, 2.05) is 30.3 Å². The van der Waals surface area contributed by atoms with Gasteiger partial charge in [0.15, 0.2) is 0 Å². The number of ether oxygens (including phenoxy) is 1. The van der Waals surface area contributed by atoms with Gasteiger partial charge in [-0.1, -0.05) is 55.9 Å². The molecule has 0 heterocycles. The number of hydrogen-bond acceptors (Lipinski definition) is 5. The molecule has 1 aliphatic carbocycles. The second-order valence-corrected chi connectivity index (χ2v) is 8.62. The van der Waals surface area contributed by atoms with Crippen LogP contribution in [0.25, 0.3) is 0 Å². The molecule has 2 aromatic carbocycles. The third-order valence-electron chi connectivity index (χ3n) is 4.19. The highest BCUT2D eigenvalue weighted by Gasteiger charge is 2.23. The van der Waals surface area contributed by atoms with Crippen LogP contribution in [0.5, 0.6) is 11.5 Å². The van der Waals surface area contributed by atoms with Crippen molar-refractivity contribution in [1.29, 1.82) is 0 Å². The minimum absolute atomic E-state index is 0.456. The van der Waals surface area contributed by atoms with Crippen molar-refractivity contribution in [3.63, 3.8) is 0 Å². The van der Waals surface area contributed by atoms with Gasteiger partial charge in [0, 0.05) is 17.8 Å². The van der Waals surface area contributed by atoms with Crippen molar-refractivity contribution in [2.75, 3.05) is 6.26 Å². The second kappa shape index (κ2) is 8.99. The minimum atomic E-state index is 0.456. The summed E-state index contributed by atoms with van der Waals surface area (Å²) in [6.45, 7) is 5.27. The Bertz CT molecular complexity index is 706. The number of rotatable bonds is 8. The lowest BCUT2D eigenvalue weighted by molar-refractivity contribution is 0.481. The summed E-state index contributed by atoms with van der Waals surface area (Å²) in [7, 11) is 0. The second-order valence-electron chi connectivity index (χ2n) is 6.51. The first-order chi connectivity index (χ1) is 12.2. The summed E-state index contributed by atoms with van der Waals surface area (Å²) >= 11 is 3.45. The van der Waals surface area contributed by atoms with Gasteiger partial charge < -0.3 is 4.74 Å². The topological polar surface area (TPSA) is 33.3 Å². The van der Waals surface area contributed by atoms with Crippen molar-refractivity contribution in [3.05, 3.63) is 59.2 Å². The van der Waals surface area contributed by atoms with Crippen LogP contribution in [-0.4, -0.2) is 11.5 Å². The molecule has 2 N–H and O–H groups in total. The maximum Gasteiger partial charge on any atom is 0.127 e. The summed E-state index contributed by atoms with van der Waals surface area (Å²) in [5.74, 6) is 1.81. The average Bonchev–Trinajstić information content (AvgIpc) is 3.01. The van der Waals surface area contributed by atoms with E-state index in [-0.39, 0.29) is 0 Å². The predicted octanol–water partition coefficient (Wildman–Crippen LogP) is 5.48. The van der Waals surface area contributed by atoms with Gasteiger partial charge in [-0.2, -0.15) is 0 Å². The SMILES string of the molecule is CSNCc1cccc(Oc2ccc3c(c2)CCC3NSC(C)C)c1. The smallest absolute Gasteiger partial charge is 0.127 e. The Morgan fingerprint density at radius 1 is 1.16 bits per heavy atom. The number of benzene rings is 2. The van der Waals surface area contributed by atoms with E-state index in [1.54, 1.807) is 11.9 Å². The van der Waals surface area contributed by atoms with E-state index in [4.69, 9.17) is 4.74 Å². The Morgan fingerprint density at radius 3 is 2.80 bits per heavy atom. The molecule has 0 saturated carbocycles. The summed E-state index contributed by atoms with van der Waals surface area (Å²) < 4.78 is 13.0. The molecule has 134 valence electrons. The Labute approximate surface area is 159 Å². The van der Waals surface area contributed by atoms with E-state index < -0.39 is 0 Å². The van der Waals surface area contributed by atoms with Crippen molar-refractivity contribution in [3.8, 4) is 11.5 Å². The zero-order valence-corrected chi connectivity index (χ0v) is 16.7. The van der Waals surface area contributed by atoms with E-state index in [9.17, 15) is 0 Å². The molecule has 0 saturated heterocycles. The van der Waals surface area contributed by atoms with Gasteiger partial charge in [-0.15, -0.1) is 0 Å². The van der Waals surface area contributed by atoms with Crippen molar-refractivity contribution in [2.24, 2.45) is 0 Å². The quantitative estimate of drug-likeness (QED) is 0.598. The lowest BCUT2D eigenvalue weighted by Gasteiger charge is -2.15. The van der Waals surface area contributed by atoms with Gasteiger partial charge in [0.25, 0.3) is 0 Å². The summed E-state index contributed by atoms with van der Waals surface area (Å²) in [5.41, 5.74) is 4.04. The molecular weight excluding hydrogens is 348 g/mol. The first-order valence-electron chi connectivity index (χ1n) is 8.72. The molecule has 0 radical (unpaired) electrons. The third-order valence-corrected chi connectivity index (χ3v) is 5.52. The Hall–Kier alpha value is -1.14. The monoisotopic (exact) mass is 374 g/mol. The lowest BCUT2D eigenvalue weighted by Crippen LogP contribution is -2.13. The van der Waals surface area contributed by atoms with E-state index in [0.29, 0.717) is 11.3 Å². The molecule has 3 rings (SSSR count). The highest BCUT2D eigenvalue weighted by Crippen LogP contribution is 2.36. The molecule has 1 aliphatic rings. The number of hydrogen-bond donors (Lipinski definition) is 2. The zero-order valence-electron chi connectivity index (χ0n) is 15.0. The number of nitrogens with one attached hydrogen (secondary N) is 2. The highest BCUT2D eigenvalue weighted by atomic mass is 32.2. The van der Waals surface area contributed by atoms with Crippen LogP contribution in [0.3, 0.4) is 0 Å². The Balaban J connectivity index is 1.67. The summed E-state index contributed by atoms with van der Waals surface area (Å²) in [6.07, 6.45) is 4.31. The van der Waals surface area contributed by atoms with Crippen LogP contribution in [0, 0.1) is 0 Å². The molecule has 0 aliphatic heterocycles. The molecule has 1 unspecified atom stereocenters. The molecule has 2 aromatic rings. The molecule has 1 atom stereocenters. The van der Waals surface area contributed by atoms with Crippen LogP contribution in [0.2, 0.25) is 0 Å². The van der Waals surface area contributed by atoms with Gasteiger partial charge in [-0.05, 0) is 60.1 Å². The fraction of sp³-hybridized carbons (Fsp3) is 0.400. The highest BCUT2D eigenvalue weighted by molar-refractivity contribution is 7.98. The first kappa shape index (κ1) is 18.6. The van der Waals surface area contributed by atoms with Gasteiger partial charge in [-0.25, -0.2) is 0 Å². The zero-order chi connectivity index (χ0) is 17.6. The Kier molecular flexibility index (Phi) is 6.70. The fourth-order valence-electron chi connectivity index (χ4n) is 3.01. The summed E-state index contributed by atoms with van der Waals surface area (Å²) in [4.78, 5) is 0. The van der Waals surface area contributed by atoms with E-state index >= 15 is 0 Å². The Morgan fingerprint density at radius 2 is 2.00 bits per heavy atom. The molecule has 0 spiro atoms. The molecule has 0 amide bonds. The third kappa shape index (κ3) is 5.17. The maximum atomic E-state index is 6.10. The largest absolute Gasteiger partial charge is 0.457 e. The standard InChI is InChI=1S/C20H26N2OS2/c1-14(2)25-22-20-10-7-16-12-18(8-9-19(16)20)23-17-6-4-5-15(11-17)13-21-24-3/h4-6,8-9,11-12,14,20-22H,7,10,13H2,1-3H3. The van der Waals surface area contributed by atoms with Gasteiger partial charge in [-0.3, -0.25) is 9.44 Å². The molecule has 3 nitrogen and oxygen atoms in total. The minimum Gasteiger partial charge on any atom is -0.457 e. The van der Waals surface area contributed by atoms with Crippen molar-refractivity contribution in [2.45, 2.75) is 44.5 Å². The maximum absolute atomic E-state index is 6.10. The van der Waals surface area contributed by atoms with E-state index in [0.717, 1.165) is 30.9 Å². The van der Waals surface area contributed by atoms with Crippen LogP contribution in [0.15, 0.2) is 42.5 Å². The van der Waals surface area contributed by atoms with Crippen LogP contribution in [0.1, 0.15) is 43.0 Å². The van der Waals surface area contributed by atoms with Gasteiger partial charge in [0.05, 0.1) is 0 Å².